The molecule has 0 aliphatic carbocycles. The zero-order valence-electron chi connectivity index (χ0n) is 15.5. The summed E-state index contributed by atoms with van der Waals surface area (Å²) in [4.78, 5) is 8.37. The second kappa shape index (κ2) is 8.12. The lowest BCUT2D eigenvalue weighted by Gasteiger charge is -2.11. The number of rotatable bonds is 4. The summed E-state index contributed by atoms with van der Waals surface area (Å²) in [6, 6.07) is 6.06. The van der Waals surface area contributed by atoms with E-state index >= 15 is 0 Å². The predicted molar refractivity (Wildman–Crippen MR) is 114 cm³/mol. The summed E-state index contributed by atoms with van der Waals surface area (Å²) in [6.07, 6.45) is -2.11. The number of benzene rings is 1. The van der Waals surface area contributed by atoms with Crippen LogP contribution in [-0.4, -0.2) is 28.2 Å². The zero-order chi connectivity index (χ0) is 23.3. The molecule has 0 saturated carbocycles. The van der Waals surface area contributed by atoms with Crippen LogP contribution in [0.5, 0.6) is 0 Å². The number of pyridine rings is 1. The summed E-state index contributed by atoms with van der Waals surface area (Å²) in [5, 5.41) is 8.63. The summed E-state index contributed by atoms with van der Waals surface area (Å²) >= 11 is 14.1. The molecular weight excluding hydrogens is 510 g/mol. The molecule has 0 unspecified atom stereocenters. The van der Waals surface area contributed by atoms with Crippen molar-refractivity contribution in [2.45, 2.75) is 11.2 Å². The van der Waals surface area contributed by atoms with Crippen molar-refractivity contribution in [1.29, 1.82) is 0 Å². The Balaban J connectivity index is 1.89. The van der Waals surface area contributed by atoms with E-state index in [1.165, 1.54) is 29.5 Å². The van der Waals surface area contributed by atoms with Crippen LogP contribution in [-0.2, 0) is 16.2 Å². The molecule has 0 aliphatic heterocycles. The van der Waals surface area contributed by atoms with Gasteiger partial charge >= 0.3 is 6.18 Å². The lowest BCUT2D eigenvalue weighted by Crippen LogP contribution is -2.14. The molecule has 0 aliphatic rings. The minimum absolute atomic E-state index is 0.0159. The van der Waals surface area contributed by atoms with E-state index in [-0.39, 0.29) is 27.0 Å². The second-order valence-corrected chi connectivity index (χ2v) is 9.61. The normalized spacial score (nSPS) is 12.3. The van der Waals surface area contributed by atoms with Gasteiger partial charge in [-0.1, -0.05) is 23.2 Å². The van der Waals surface area contributed by atoms with Gasteiger partial charge in [0.2, 0.25) is 0 Å². The maximum absolute atomic E-state index is 13.4. The number of alkyl halides is 3. The van der Waals surface area contributed by atoms with Crippen LogP contribution in [0.15, 0.2) is 53.3 Å². The average molecular weight is 520 g/mol. The van der Waals surface area contributed by atoms with E-state index < -0.39 is 26.9 Å². The van der Waals surface area contributed by atoms with Crippen molar-refractivity contribution in [3.63, 3.8) is 0 Å². The number of aromatic nitrogens is 4. The first kappa shape index (κ1) is 22.7. The number of hydrogen-bond acceptors (Lipinski definition) is 6. The largest absolute Gasteiger partial charge is 0.435 e. The van der Waals surface area contributed by atoms with E-state index in [9.17, 15) is 21.6 Å². The van der Waals surface area contributed by atoms with Crippen molar-refractivity contribution < 1.29 is 21.6 Å². The van der Waals surface area contributed by atoms with Crippen LogP contribution in [0.4, 0.5) is 13.2 Å². The van der Waals surface area contributed by atoms with Gasteiger partial charge in [0.15, 0.2) is 10.7 Å². The monoisotopic (exact) mass is 519 g/mol. The van der Waals surface area contributed by atoms with Crippen molar-refractivity contribution in [3.8, 4) is 27.4 Å². The fraction of sp³-hybridized carbons (Fsp3) is 0.0556. The summed E-state index contributed by atoms with van der Waals surface area (Å²) in [6.45, 7) is 0. The summed E-state index contributed by atoms with van der Waals surface area (Å²) < 4.78 is 64.0. The van der Waals surface area contributed by atoms with E-state index in [0.717, 1.165) is 23.0 Å². The van der Waals surface area contributed by atoms with Crippen LogP contribution < -0.4 is 5.14 Å². The summed E-state index contributed by atoms with van der Waals surface area (Å²) in [7, 11) is -4.08. The van der Waals surface area contributed by atoms with Gasteiger partial charge in [-0.05, 0) is 30.3 Å². The molecule has 3 aromatic heterocycles. The molecule has 14 heteroatoms. The maximum atomic E-state index is 13.4. The summed E-state index contributed by atoms with van der Waals surface area (Å²) in [5.74, 6) is 0. The lowest BCUT2D eigenvalue weighted by molar-refractivity contribution is -0.141. The highest BCUT2D eigenvalue weighted by Gasteiger charge is 2.35. The third-order valence-electron chi connectivity index (χ3n) is 4.27. The summed E-state index contributed by atoms with van der Waals surface area (Å²) in [5.41, 5.74) is 1.27. The van der Waals surface area contributed by atoms with Crippen LogP contribution in [0.25, 0.3) is 27.4 Å². The number of sulfonamides is 1. The third-order valence-corrected chi connectivity index (χ3v) is 6.48. The Hall–Kier alpha value is -2.51. The first-order valence-electron chi connectivity index (χ1n) is 8.50. The number of thiazole rings is 1. The number of primary sulfonamides is 1. The smallest absolute Gasteiger partial charge is 0.252 e. The Bertz CT molecular complexity index is 1380. The predicted octanol–water partition coefficient (Wildman–Crippen LogP) is 5.03. The molecule has 7 nitrogen and oxygen atoms in total. The molecule has 166 valence electrons. The van der Waals surface area contributed by atoms with Gasteiger partial charge in [-0.2, -0.15) is 18.3 Å². The molecule has 0 amide bonds. The van der Waals surface area contributed by atoms with Crippen LogP contribution in [0.3, 0.4) is 0 Å². The van der Waals surface area contributed by atoms with Gasteiger partial charge < -0.3 is 0 Å². The number of hydrogen-bond donors (Lipinski definition) is 1. The molecule has 0 fully saturated rings. The fourth-order valence-electron chi connectivity index (χ4n) is 2.88. The van der Waals surface area contributed by atoms with Crippen LogP contribution in [0.2, 0.25) is 10.0 Å². The molecule has 0 bridgehead atoms. The Morgan fingerprint density at radius 2 is 1.75 bits per heavy atom. The van der Waals surface area contributed by atoms with Crippen LogP contribution >= 0.6 is 34.5 Å². The molecule has 4 aromatic rings. The van der Waals surface area contributed by atoms with Crippen molar-refractivity contribution in [2.75, 3.05) is 0 Å². The molecule has 1 aromatic carbocycles. The zero-order valence-corrected chi connectivity index (χ0v) is 18.7. The van der Waals surface area contributed by atoms with Crippen molar-refractivity contribution in [3.05, 3.63) is 64.0 Å². The molecule has 0 saturated heterocycles. The average Bonchev–Trinajstić information content (AvgIpc) is 3.37. The molecular formula is C18H10Cl2F3N5O2S2. The Morgan fingerprint density at radius 1 is 1.06 bits per heavy atom. The Labute approximate surface area is 193 Å². The maximum Gasteiger partial charge on any atom is 0.435 e. The number of nitrogens with two attached hydrogens (primary N) is 1. The Morgan fingerprint density at radius 3 is 2.25 bits per heavy atom. The van der Waals surface area contributed by atoms with Gasteiger partial charge in [0.25, 0.3) is 10.0 Å². The van der Waals surface area contributed by atoms with E-state index in [4.69, 9.17) is 28.3 Å². The second-order valence-electron chi connectivity index (χ2n) is 6.40. The minimum Gasteiger partial charge on any atom is -0.252 e. The van der Waals surface area contributed by atoms with Gasteiger partial charge in [-0.15, -0.1) is 11.3 Å². The van der Waals surface area contributed by atoms with E-state index in [1.54, 1.807) is 11.7 Å². The van der Waals surface area contributed by atoms with Gasteiger partial charge in [0, 0.05) is 17.3 Å². The van der Waals surface area contributed by atoms with Crippen molar-refractivity contribution >= 4 is 44.6 Å². The minimum atomic E-state index is -4.73. The van der Waals surface area contributed by atoms with Crippen molar-refractivity contribution in [2.24, 2.45) is 5.14 Å². The molecule has 0 radical (unpaired) electrons. The molecule has 2 N–H and O–H groups in total. The van der Waals surface area contributed by atoms with Crippen molar-refractivity contribution in [1.82, 2.24) is 19.7 Å². The highest BCUT2D eigenvalue weighted by molar-refractivity contribution is 7.89. The van der Waals surface area contributed by atoms with Gasteiger partial charge in [-0.25, -0.2) is 23.2 Å². The standard InChI is InChI=1S/C18H10Cl2F3N5O2S2/c19-11-3-9(4-12(20)17(11)14-7-25-8-31-14)13-5-15(18(21,22)23)27-28(13)10-1-2-16(26-6-10)32(24,29)30/h1-8H,(H2,24,29,30). The van der Waals surface area contributed by atoms with E-state index in [1.807, 2.05) is 0 Å². The quantitative estimate of drug-likeness (QED) is 0.407. The molecule has 0 spiro atoms. The highest BCUT2D eigenvalue weighted by atomic mass is 35.5. The van der Waals surface area contributed by atoms with E-state index in [0.29, 0.717) is 10.4 Å². The number of halogens is 5. The van der Waals surface area contributed by atoms with Gasteiger partial charge in [-0.3, -0.25) is 4.98 Å². The Kier molecular flexibility index (Phi) is 5.75. The fourth-order valence-corrected chi connectivity index (χ4v) is 4.84. The van der Waals surface area contributed by atoms with Gasteiger partial charge in [0.05, 0.1) is 38.0 Å². The topological polar surface area (TPSA) is 104 Å². The van der Waals surface area contributed by atoms with Gasteiger partial charge in [0.1, 0.15) is 0 Å². The molecule has 4 rings (SSSR count). The van der Waals surface area contributed by atoms with Crippen LogP contribution in [0.1, 0.15) is 5.69 Å². The lowest BCUT2D eigenvalue weighted by atomic mass is 10.1. The molecule has 0 atom stereocenters. The SMILES string of the molecule is NS(=O)(=O)c1ccc(-n2nc(C(F)(F)F)cc2-c2cc(Cl)c(-c3cncs3)c(Cl)c2)cn1. The first-order chi connectivity index (χ1) is 14.9. The molecule has 3 heterocycles. The molecule has 32 heavy (non-hydrogen) atoms. The number of nitrogens with zero attached hydrogens (tertiary/aromatic N) is 4. The van der Waals surface area contributed by atoms with E-state index in [2.05, 4.69) is 15.1 Å². The third kappa shape index (κ3) is 4.36. The van der Waals surface area contributed by atoms with Crippen LogP contribution in [0, 0.1) is 0 Å². The highest BCUT2D eigenvalue weighted by Crippen LogP contribution is 2.41. The first-order valence-corrected chi connectivity index (χ1v) is 11.7.